The van der Waals surface area contributed by atoms with Gasteiger partial charge in [0.2, 0.25) is 0 Å². The van der Waals surface area contributed by atoms with Crippen LogP contribution in [0.15, 0.2) is 0 Å². The van der Waals surface area contributed by atoms with Gasteiger partial charge in [0.1, 0.15) is 83.4 Å². The van der Waals surface area contributed by atoms with Crippen LogP contribution in [0.5, 0.6) is 0 Å². The summed E-state index contributed by atoms with van der Waals surface area (Å²) < 4.78 is 91.1. The van der Waals surface area contributed by atoms with Gasteiger partial charge in [-0.05, 0) is 262 Å². The van der Waals surface area contributed by atoms with E-state index in [-0.39, 0.29) is 219 Å². The van der Waals surface area contributed by atoms with Crippen molar-refractivity contribution in [1.29, 1.82) is 0 Å². The van der Waals surface area contributed by atoms with Crippen molar-refractivity contribution in [2.24, 2.45) is 177 Å². The van der Waals surface area contributed by atoms with Crippen molar-refractivity contribution in [2.75, 3.05) is 13.2 Å². The van der Waals surface area contributed by atoms with Gasteiger partial charge in [-0.1, -0.05) is 103 Å². The fourth-order valence-electron chi connectivity index (χ4n) is 32.3. The summed E-state index contributed by atoms with van der Waals surface area (Å²) in [5.41, 5.74) is -1.98. The fraction of sp³-hybridized carbons (Fsp3) is 0.861. The molecule has 23 rings (SSSR count). The third-order valence-corrected chi connectivity index (χ3v) is 41.7. The molecule has 0 amide bonds. The average molecular weight is 2060 g/mol. The third kappa shape index (κ3) is 20.0. The number of esters is 16. The van der Waals surface area contributed by atoms with Crippen molar-refractivity contribution in [3.05, 3.63) is 0 Å². The standard InChI is InChI=1S/C23H32O6.2C21H30O6.C20H28O6.2C15H22O4/c1-4-11(3)20(24)27-18-15-9-14-16(21(25)28-19(14)18)17(15)22(26)29-23(5-2)10-12-6-7-13(23)8-12;1-4-11(2)18(22)25-16-13-10-12-14(19(23)26-17(12)16)15(13)20(24)27-21(3)8-6-5-7-9-21;1-4-11(3)18(22)25-16-13-10-12-14(19(23)26-17(12)16)15(13)20(24)27-21(5-2)8-6-7-9-21;1-4-10(2)17(21)24-15-12-9-11-13(18(22)25-16(11)15)14(12)19(23)26-20(3)7-5-6-8-20;1-3-9(2)14(17)19-12-5-10-4-11(12)15(6-10)7-13(16)18-8-15;1-3-9(2)13(16)19-12-7-10-6-11(12)15(8-10)4-5-18-14(15)17/h11-19H,4-10H2,1-3H3;2*11-17H,4-10H2,1-3H3;10-16H,4-9H2,1-3H3;2*9-12H,3-8H2,1-2H3. The first-order valence-electron chi connectivity index (χ1n) is 57.4. The number of rotatable bonds is 28. The zero-order valence-electron chi connectivity index (χ0n) is 89.6. The normalized spacial score (nSPS) is 41.7. The summed E-state index contributed by atoms with van der Waals surface area (Å²) >= 11 is 0. The minimum atomic E-state index is -0.547. The molecule has 23 aliphatic rings. The van der Waals surface area contributed by atoms with Crippen LogP contribution in [0.4, 0.5) is 0 Å². The van der Waals surface area contributed by atoms with Gasteiger partial charge in [-0.3, -0.25) is 76.7 Å². The smallest absolute Gasteiger partial charge is 0.312 e. The molecule has 41 atom stereocenters. The van der Waals surface area contributed by atoms with E-state index in [1.165, 1.54) is 12.8 Å². The SMILES string of the molecule is CCC(C)C(=O)OC1C2CC3C1OC(=O)C3C2C(=O)OC1(C)CCCC1.CCC(C)C(=O)OC1C2CC3C1OC(=O)C3C2C(=O)OC1(C)CCCCC1.CCC(C)C(=O)OC1C2CC3C1OC(=O)C3C2C(=O)OC1(CC)CC2CCC1C2.CCC(C)C(=O)OC1C2CC3C1OC(=O)C3C2C(=O)OC1(CC)CCCC1.CCC(C)C(=O)OC1CC2CC1C1(CCOC1=O)C2.CCC(C)C(=O)OC1CC2CC1C1(COC(=O)C1)C2. The molecule has 6 heterocycles. The molecule has 2 spiro atoms. The van der Waals surface area contributed by atoms with Crippen LogP contribution in [0.2, 0.25) is 0 Å². The van der Waals surface area contributed by atoms with E-state index in [4.69, 9.17) is 75.8 Å². The Kier molecular flexibility index (Phi) is 31.6. The zero-order chi connectivity index (χ0) is 105. The van der Waals surface area contributed by atoms with E-state index in [0.29, 0.717) is 101 Å². The number of carbonyl (C=O) groups is 16. The maximum Gasteiger partial charge on any atom is 0.312 e. The molecule has 6 saturated heterocycles. The molecule has 816 valence electrons. The largest absolute Gasteiger partial charge is 0.465 e. The molecule has 32 nitrogen and oxygen atoms in total. The molecule has 0 aromatic rings. The molecule has 17 aliphatic carbocycles. The summed E-state index contributed by atoms with van der Waals surface area (Å²) in [6.07, 6.45) is 29.7. The van der Waals surface area contributed by atoms with Crippen LogP contribution in [-0.4, -0.2) is 192 Å². The van der Waals surface area contributed by atoms with Crippen LogP contribution in [0.25, 0.3) is 0 Å². The average Bonchev–Trinajstić information content (AvgIpc) is 1.60. The maximum atomic E-state index is 13.4. The van der Waals surface area contributed by atoms with Crippen molar-refractivity contribution in [1.82, 2.24) is 0 Å². The van der Waals surface area contributed by atoms with E-state index in [9.17, 15) is 76.7 Å². The molecule has 23 fully saturated rings. The molecular formula is C115H164O32. The number of carbonyl (C=O) groups excluding carboxylic acids is 16. The summed E-state index contributed by atoms with van der Waals surface area (Å²) in [5, 5.41) is 0. The van der Waals surface area contributed by atoms with Crippen LogP contribution in [0, 0.1) is 177 Å². The Morgan fingerprint density at radius 3 is 1.01 bits per heavy atom. The van der Waals surface area contributed by atoms with Gasteiger partial charge in [-0.15, -0.1) is 0 Å². The van der Waals surface area contributed by atoms with E-state index >= 15 is 0 Å². The topological polar surface area (TPSA) is 421 Å². The first kappa shape index (κ1) is 108. The quantitative estimate of drug-likeness (QED) is 0.0518. The summed E-state index contributed by atoms with van der Waals surface area (Å²) in [7, 11) is 0. The summed E-state index contributed by atoms with van der Waals surface area (Å²) in [6.45, 7) is 32.0. The van der Waals surface area contributed by atoms with Crippen molar-refractivity contribution in [2.45, 2.75) is 432 Å². The lowest BCUT2D eigenvalue weighted by Gasteiger charge is -2.39. The van der Waals surface area contributed by atoms with Crippen LogP contribution in [0.3, 0.4) is 0 Å². The van der Waals surface area contributed by atoms with Crippen LogP contribution < -0.4 is 0 Å². The molecule has 17 saturated carbocycles. The van der Waals surface area contributed by atoms with Gasteiger partial charge in [0.05, 0.1) is 108 Å². The Morgan fingerprint density at radius 2 is 0.687 bits per heavy atom. The van der Waals surface area contributed by atoms with E-state index in [2.05, 4.69) is 13.8 Å². The maximum absolute atomic E-state index is 13.4. The highest BCUT2D eigenvalue weighted by atomic mass is 16.6. The van der Waals surface area contributed by atoms with Crippen LogP contribution in [0.1, 0.15) is 348 Å². The first-order chi connectivity index (χ1) is 70.1. The van der Waals surface area contributed by atoms with Gasteiger partial charge in [0.25, 0.3) is 0 Å². The lowest BCUT2D eigenvalue weighted by atomic mass is 9.71. The van der Waals surface area contributed by atoms with Gasteiger partial charge in [-0.25, -0.2) is 0 Å². The molecule has 41 unspecified atom stereocenters. The lowest BCUT2D eigenvalue weighted by Crippen LogP contribution is -2.47. The molecule has 0 N–H and O–H groups in total. The minimum Gasteiger partial charge on any atom is -0.465 e. The van der Waals surface area contributed by atoms with Gasteiger partial charge in [0, 0.05) is 64.6 Å². The van der Waals surface area contributed by atoms with E-state index < -0.39 is 107 Å². The Labute approximate surface area is 865 Å². The lowest BCUT2D eigenvalue weighted by molar-refractivity contribution is -0.181. The predicted octanol–water partition coefficient (Wildman–Crippen LogP) is 16.5. The molecule has 0 aromatic carbocycles. The van der Waals surface area contributed by atoms with Gasteiger partial charge < -0.3 is 75.8 Å². The Hall–Kier alpha value is -8.48. The fourth-order valence-corrected chi connectivity index (χ4v) is 32.3. The highest BCUT2D eigenvalue weighted by Gasteiger charge is 2.76. The Balaban J connectivity index is 0.000000116. The highest BCUT2D eigenvalue weighted by Crippen LogP contribution is 2.68. The van der Waals surface area contributed by atoms with Gasteiger partial charge >= 0.3 is 95.5 Å². The Bertz CT molecular complexity index is 4980. The second-order valence-electron chi connectivity index (χ2n) is 50.1. The number of cyclic esters (lactones) is 2. The van der Waals surface area contributed by atoms with E-state index in [1.54, 1.807) is 0 Å². The third-order valence-electron chi connectivity index (χ3n) is 41.7. The second-order valence-corrected chi connectivity index (χ2v) is 50.1. The predicted molar refractivity (Wildman–Crippen MR) is 520 cm³/mol. The van der Waals surface area contributed by atoms with Crippen molar-refractivity contribution < 1.29 is 153 Å². The molecular weight excluding hydrogens is 1890 g/mol. The second kappa shape index (κ2) is 42.9. The van der Waals surface area contributed by atoms with Crippen molar-refractivity contribution in [3.63, 3.8) is 0 Å². The summed E-state index contributed by atoms with van der Waals surface area (Å²) in [4.78, 5) is 199. The molecule has 14 bridgehead atoms. The van der Waals surface area contributed by atoms with Crippen LogP contribution in [-0.2, 0) is 153 Å². The monoisotopic (exact) mass is 2060 g/mol. The van der Waals surface area contributed by atoms with Gasteiger partial charge in [-0.2, -0.15) is 0 Å². The Morgan fingerprint density at radius 1 is 0.340 bits per heavy atom. The number of fused-ring (bicyclic) bond motifs is 12. The molecule has 147 heavy (non-hydrogen) atoms. The highest BCUT2D eigenvalue weighted by molar-refractivity contribution is 5.90. The number of ether oxygens (including phenoxy) is 16. The van der Waals surface area contributed by atoms with Crippen molar-refractivity contribution in [3.8, 4) is 0 Å². The van der Waals surface area contributed by atoms with E-state index in [1.807, 2.05) is 96.9 Å². The summed E-state index contributed by atoms with van der Waals surface area (Å²) in [6, 6.07) is 0. The molecule has 32 heteroatoms. The molecule has 0 radical (unpaired) electrons. The minimum absolute atomic E-state index is 0.00903. The first-order valence-corrected chi connectivity index (χ1v) is 57.4. The van der Waals surface area contributed by atoms with Crippen LogP contribution >= 0.6 is 0 Å². The number of hydrogen-bond donors (Lipinski definition) is 0. The zero-order valence-corrected chi connectivity index (χ0v) is 89.6. The van der Waals surface area contributed by atoms with E-state index in [0.717, 1.165) is 167 Å². The number of hydrogen-bond acceptors (Lipinski definition) is 32. The molecule has 0 aromatic heterocycles. The van der Waals surface area contributed by atoms with Crippen molar-refractivity contribution >= 4 is 95.5 Å². The van der Waals surface area contributed by atoms with Gasteiger partial charge in [0.15, 0.2) is 0 Å². The summed E-state index contributed by atoms with van der Waals surface area (Å²) in [5.74, 6) is -6.74. The molecule has 6 aliphatic heterocycles.